The van der Waals surface area contributed by atoms with Crippen LogP contribution in [-0.4, -0.2) is 31.0 Å². The van der Waals surface area contributed by atoms with Crippen LogP contribution in [-0.2, 0) is 4.74 Å². The Morgan fingerprint density at radius 2 is 1.59 bits per heavy atom. The number of carbonyl (C=O) groups is 1. The number of nitrogen functional groups attached to an aromatic ring is 1. The molecule has 0 aliphatic carbocycles. The van der Waals surface area contributed by atoms with Gasteiger partial charge in [0.25, 0.3) is 0 Å². The standard InChI is InChI=1S/C11H9BrNO3.3C4H9.Sn/c1-2-15-11(14)7-5-16-10-4-9(13)8(12)3-6(7)10;3*1-3-4-2;/h3-4H,2,13H2,1H3;3*1,3-4H2,2H3;. The Balaban J connectivity index is 2.75. The van der Waals surface area contributed by atoms with Gasteiger partial charge in [-0.25, -0.2) is 0 Å². The van der Waals surface area contributed by atoms with E-state index in [0.29, 0.717) is 23.4 Å². The number of furan rings is 1. The summed E-state index contributed by atoms with van der Waals surface area (Å²) in [4.78, 5) is 13.1. The van der Waals surface area contributed by atoms with Gasteiger partial charge in [0.15, 0.2) is 0 Å². The van der Waals surface area contributed by atoms with Crippen molar-refractivity contribution in [2.75, 3.05) is 12.3 Å². The second kappa shape index (κ2) is 11.6. The number of nitrogens with two attached hydrogens (primary N) is 1. The van der Waals surface area contributed by atoms with Gasteiger partial charge < -0.3 is 0 Å². The average Bonchev–Trinajstić information content (AvgIpc) is 3.07. The van der Waals surface area contributed by atoms with Crippen LogP contribution in [0.3, 0.4) is 0 Å². The van der Waals surface area contributed by atoms with E-state index in [1.807, 2.05) is 19.1 Å². The van der Waals surface area contributed by atoms with Crippen LogP contribution in [0.5, 0.6) is 0 Å². The number of hydrogen-bond donors (Lipinski definition) is 1. The molecule has 0 aliphatic heterocycles. The zero-order valence-electron chi connectivity index (χ0n) is 18.4. The van der Waals surface area contributed by atoms with E-state index in [-0.39, 0.29) is 5.97 Å². The van der Waals surface area contributed by atoms with Crippen molar-refractivity contribution in [3.05, 3.63) is 22.2 Å². The van der Waals surface area contributed by atoms with E-state index in [4.69, 9.17) is 14.9 Å². The molecule has 0 unspecified atom stereocenters. The molecule has 1 aromatic heterocycles. The van der Waals surface area contributed by atoms with Gasteiger partial charge in [-0.3, -0.25) is 0 Å². The van der Waals surface area contributed by atoms with E-state index >= 15 is 0 Å². The Labute approximate surface area is 187 Å². The summed E-state index contributed by atoms with van der Waals surface area (Å²) < 4.78 is 17.5. The van der Waals surface area contributed by atoms with Gasteiger partial charge in [-0.15, -0.1) is 0 Å². The Morgan fingerprint density at radius 3 is 2.07 bits per heavy atom. The molecule has 2 N–H and O–H groups in total. The molecule has 0 spiro atoms. The van der Waals surface area contributed by atoms with Gasteiger partial charge in [0.05, 0.1) is 0 Å². The van der Waals surface area contributed by atoms with Crippen LogP contribution in [0.15, 0.2) is 21.0 Å². The summed E-state index contributed by atoms with van der Waals surface area (Å²) in [5.41, 5.74) is 8.15. The summed E-state index contributed by atoms with van der Waals surface area (Å²) in [6, 6.07) is 3.78. The summed E-state index contributed by atoms with van der Waals surface area (Å²) >= 11 is 0.556. The SMILES string of the molecule is CCC[CH2][Sn]([CH2]CCC)([CH2]CCC)[c]1oc2cc(N)c(Br)cc2c1C(=O)OCC. The minimum absolute atomic E-state index is 0.247. The molecule has 0 amide bonds. The van der Waals surface area contributed by atoms with Crippen LogP contribution < -0.4 is 9.51 Å². The molecule has 29 heavy (non-hydrogen) atoms. The van der Waals surface area contributed by atoms with Crippen LogP contribution in [0.1, 0.15) is 76.6 Å². The number of unbranched alkanes of at least 4 members (excludes halogenated alkanes) is 3. The third-order valence-electron chi connectivity index (χ3n) is 5.80. The zero-order chi connectivity index (χ0) is 21.4. The molecule has 1 aromatic carbocycles. The molecule has 2 aromatic rings. The summed E-state index contributed by atoms with van der Waals surface area (Å²) in [6.07, 6.45) is 7.12. The quantitative estimate of drug-likeness (QED) is 0.169. The second-order valence-corrected chi connectivity index (χ2v) is 21.7. The number of ether oxygens (including phenoxy) is 1. The van der Waals surface area contributed by atoms with Crippen molar-refractivity contribution in [2.45, 2.75) is 79.5 Å². The molecule has 0 fully saturated rings. The summed E-state index contributed by atoms with van der Waals surface area (Å²) in [5.74, 6) is -0.247. The first-order valence-corrected chi connectivity index (χ1v) is 19.4. The van der Waals surface area contributed by atoms with Gasteiger partial charge in [-0.2, -0.15) is 0 Å². The van der Waals surface area contributed by atoms with E-state index < -0.39 is 18.4 Å². The summed E-state index contributed by atoms with van der Waals surface area (Å²) in [5, 5.41) is 0.838. The van der Waals surface area contributed by atoms with E-state index in [1.54, 1.807) is 0 Å². The van der Waals surface area contributed by atoms with E-state index in [0.717, 1.165) is 13.6 Å². The minimum atomic E-state index is -2.97. The van der Waals surface area contributed by atoms with Gasteiger partial charge in [0, 0.05) is 0 Å². The van der Waals surface area contributed by atoms with E-state index in [1.165, 1.54) is 51.8 Å². The van der Waals surface area contributed by atoms with Crippen LogP contribution in [0.2, 0.25) is 13.3 Å². The van der Waals surface area contributed by atoms with Crippen molar-refractivity contribution in [3.63, 3.8) is 0 Å². The van der Waals surface area contributed by atoms with Crippen molar-refractivity contribution < 1.29 is 13.9 Å². The number of benzene rings is 1. The predicted octanol–water partition coefficient (Wildman–Crippen LogP) is 7.01. The number of rotatable bonds is 12. The van der Waals surface area contributed by atoms with Gasteiger partial charge in [0.1, 0.15) is 0 Å². The summed E-state index contributed by atoms with van der Waals surface area (Å²) in [6.45, 7) is 8.97. The number of hydrogen-bond acceptors (Lipinski definition) is 4. The van der Waals surface area contributed by atoms with Crippen molar-refractivity contribution in [1.82, 2.24) is 0 Å². The molecule has 4 nitrogen and oxygen atoms in total. The Morgan fingerprint density at radius 1 is 1.03 bits per heavy atom. The second-order valence-electron chi connectivity index (χ2n) is 7.99. The first-order chi connectivity index (χ1) is 13.9. The first-order valence-electron chi connectivity index (χ1n) is 11.1. The van der Waals surface area contributed by atoms with Gasteiger partial charge >= 0.3 is 189 Å². The normalized spacial score (nSPS) is 11.9. The predicted molar refractivity (Wildman–Crippen MR) is 129 cm³/mol. The first kappa shape index (κ1) is 24.6. The van der Waals surface area contributed by atoms with Crippen LogP contribution in [0.25, 0.3) is 11.0 Å². The van der Waals surface area contributed by atoms with Crippen molar-refractivity contribution in [3.8, 4) is 0 Å². The van der Waals surface area contributed by atoms with Crippen molar-refractivity contribution in [1.29, 1.82) is 0 Å². The van der Waals surface area contributed by atoms with Gasteiger partial charge in [-0.05, 0) is 0 Å². The van der Waals surface area contributed by atoms with Crippen LogP contribution in [0, 0.1) is 0 Å². The summed E-state index contributed by atoms with van der Waals surface area (Å²) in [7, 11) is 0. The number of carbonyl (C=O) groups excluding carboxylic acids is 1. The number of fused-ring (bicyclic) bond motifs is 1. The molecule has 6 heteroatoms. The van der Waals surface area contributed by atoms with Gasteiger partial charge in [-0.1, -0.05) is 0 Å². The Hall–Kier alpha value is -0.691. The maximum absolute atomic E-state index is 13.1. The molecule has 2 rings (SSSR count). The van der Waals surface area contributed by atoms with Gasteiger partial charge in [0.2, 0.25) is 0 Å². The van der Waals surface area contributed by atoms with Crippen molar-refractivity contribution in [2.24, 2.45) is 0 Å². The van der Waals surface area contributed by atoms with Crippen LogP contribution >= 0.6 is 15.9 Å². The molecule has 0 saturated heterocycles. The molecule has 0 bridgehead atoms. The monoisotopic (exact) mass is 573 g/mol. The number of anilines is 1. The van der Waals surface area contributed by atoms with Crippen LogP contribution in [0.4, 0.5) is 5.69 Å². The molecular formula is C23H36BrNO3Sn. The molecule has 0 saturated carbocycles. The average molecular weight is 573 g/mol. The topological polar surface area (TPSA) is 65.5 Å². The Kier molecular flexibility index (Phi) is 9.86. The number of halogens is 1. The number of esters is 1. The Bertz CT molecular complexity index is 796. The third kappa shape index (κ3) is 5.72. The fourth-order valence-electron chi connectivity index (χ4n) is 4.17. The third-order valence-corrected chi connectivity index (χ3v) is 21.5. The maximum atomic E-state index is 13.1. The van der Waals surface area contributed by atoms with Crippen molar-refractivity contribution >= 4 is 60.7 Å². The molecule has 162 valence electrons. The molecule has 0 radical (unpaired) electrons. The molecule has 1 heterocycles. The van der Waals surface area contributed by atoms with E-state index in [9.17, 15) is 4.79 Å². The fraction of sp³-hybridized carbons (Fsp3) is 0.609. The van der Waals surface area contributed by atoms with E-state index in [2.05, 4.69) is 36.7 Å². The zero-order valence-corrected chi connectivity index (χ0v) is 22.8. The fourth-order valence-corrected chi connectivity index (χ4v) is 20.5. The molecular weight excluding hydrogens is 537 g/mol. The molecule has 0 aliphatic rings. The molecule has 0 atom stereocenters.